The van der Waals surface area contributed by atoms with Gasteiger partial charge in [0, 0.05) is 11.0 Å². The third-order valence-corrected chi connectivity index (χ3v) is 3.34. The zero-order chi connectivity index (χ0) is 12.5. The first kappa shape index (κ1) is 13.8. The Bertz CT molecular complexity index is 371. The van der Waals surface area contributed by atoms with E-state index in [0.717, 1.165) is 29.1 Å². The van der Waals surface area contributed by atoms with Gasteiger partial charge < -0.3 is 4.74 Å². The summed E-state index contributed by atoms with van der Waals surface area (Å²) in [6.07, 6.45) is 4.72. The number of esters is 1. The van der Waals surface area contributed by atoms with Gasteiger partial charge in [0.25, 0.3) is 0 Å². The minimum Gasteiger partial charge on any atom is -0.466 e. The molecule has 0 bridgehead atoms. The number of ether oxygens (including phenoxy) is 1. The second kappa shape index (κ2) is 7.96. The highest BCUT2D eigenvalue weighted by Crippen LogP contribution is 2.29. The van der Waals surface area contributed by atoms with Crippen LogP contribution < -0.4 is 0 Å². The molecule has 0 aromatic heterocycles. The van der Waals surface area contributed by atoms with Crippen LogP contribution in [0.2, 0.25) is 0 Å². The van der Waals surface area contributed by atoms with Crippen molar-refractivity contribution >= 4 is 17.7 Å². The van der Waals surface area contributed by atoms with Gasteiger partial charge in [-0.15, -0.1) is 0 Å². The summed E-state index contributed by atoms with van der Waals surface area (Å²) in [5.74, 6) is -0.278. The first-order valence-electron chi connectivity index (χ1n) is 5.77. The highest BCUT2D eigenvalue weighted by molar-refractivity contribution is 8.03. The third-order valence-electron chi connectivity index (χ3n) is 2.25. The van der Waals surface area contributed by atoms with E-state index in [1.165, 1.54) is 7.11 Å². The predicted molar refractivity (Wildman–Crippen MR) is 71.9 cm³/mol. The molecule has 0 unspecified atom stereocenters. The molecule has 3 heteroatoms. The van der Waals surface area contributed by atoms with Crippen LogP contribution >= 0.6 is 11.8 Å². The number of methoxy groups -OCH3 is 1. The molecule has 0 aliphatic heterocycles. The molecule has 0 N–H and O–H groups in total. The quantitative estimate of drug-likeness (QED) is 0.433. The molecule has 0 saturated heterocycles. The molecule has 17 heavy (non-hydrogen) atoms. The Morgan fingerprint density at radius 1 is 1.35 bits per heavy atom. The van der Waals surface area contributed by atoms with Gasteiger partial charge in [-0.25, -0.2) is 4.79 Å². The van der Waals surface area contributed by atoms with Crippen molar-refractivity contribution in [1.82, 2.24) is 0 Å². The van der Waals surface area contributed by atoms with Crippen molar-refractivity contribution < 1.29 is 9.53 Å². The number of allylic oxidation sites excluding steroid dienone is 1. The highest BCUT2D eigenvalue weighted by atomic mass is 32.2. The lowest BCUT2D eigenvalue weighted by Gasteiger charge is -2.06. The Kier molecular flexibility index (Phi) is 6.48. The van der Waals surface area contributed by atoms with Gasteiger partial charge in [0.15, 0.2) is 0 Å². The van der Waals surface area contributed by atoms with E-state index in [1.54, 1.807) is 17.8 Å². The molecule has 0 heterocycles. The number of unbranched alkanes of at least 4 members (excludes halogenated alkanes) is 1. The fourth-order valence-electron chi connectivity index (χ4n) is 1.33. The van der Waals surface area contributed by atoms with Crippen LogP contribution in [0.25, 0.3) is 0 Å². The number of thioether (sulfide) groups is 1. The summed E-state index contributed by atoms with van der Waals surface area (Å²) in [4.78, 5) is 13.5. The topological polar surface area (TPSA) is 26.3 Å². The molecule has 1 rings (SSSR count). The molecule has 0 atom stereocenters. The molecule has 0 saturated carbocycles. The number of hydrogen-bond donors (Lipinski definition) is 0. The van der Waals surface area contributed by atoms with Gasteiger partial charge in [0.2, 0.25) is 0 Å². The van der Waals surface area contributed by atoms with Gasteiger partial charge >= 0.3 is 5.97 Å². The van der Waals surface area contributed by atoms with Gasteiger partial charge in [0.05, 0.1) is 7.11 Å². The van der Waals surface area contributed by atoms with Crippen molar-refractivity contribution in [3.63, 3.8) is 0 Å². The summed E-state index contributed by atoms with van der Waals surface area (Å²) in [6.45, 7) is 2.14. The van der Waals surface area contributed by atoms with E-state index in [-0.39, 0.29) is 5.97 Å². The van der Waals surface area contributed by atoms with Crippen LogP contribution in [0.4, 0.5) is 0 Å². The average molecular weight is 250 g/mol. The molecule has 0 fully saturated rings. The van der Waals surface area contributed by atoms with Crippen molar-refractivity contribution in [2.75, 3.05) is 7.11 Å². The molecule has 1 aromatic carbocycles. The molecule has 0 radical (unpaired) electrons. The van der Waals surface area contributed by atoms with Gasteiger partial charge in [-0.3, -0.25) is 0 Å². The smallest absolute Gasteiger partial charge is 0.331 e. The number of rotatable bonds is 6. The van der Waals surface area contributed by atoms with E-state index in [0.29, 0.717) is 0 Å². The normalized spacial score (nSPS) is 11.3. The van der Waals surface area contributed by atoms with Gasteiger partial charge in [0.1, 0.15) is 0 Å². The first-order valence-corrected chi connectivity index (χ1v) is 6.59. The van der Waals surface area contributed by atoms with Crippen molar-refractivity contribution in [2.45, 2.75) is 31.1 Å². The van der Waals surface area contributed by atoms with Crippen LogP contribution in [0.5, 0.6) is 0 Å². The van der Waals surface area contributed by atoms with Crippen LogP contribution in [0.1, 0.15) is 26.2 Å². The lowest BCUT2D eigenvalue weighted by atomic mass is 10.2. The standard InChI is InChI=1S/C14H18O2S/c1-3-4-8-13(11-14(15)16-2)17-12-9-6-5-7-10-12/h5-7,9-11H,3-4,8H2,1-2H3/b13-11-. The van der Waals surface area contributed by atoms with Gasteiger partial charge in [-0.2, -0.15) is 0 Å². The molecule has 92 valence electrons. The van der Waals surface area contributed by atoms with Gasteiger partial charge in [-0.1, -0.05) is 43.3 Å². The lowest BCUT2D eigenvalue weighted by molar-refractivity contribution is -0.134. The molecule has 0 aliphatic carbocycles. The fraction of sp³-hybridized carbons (Fsp3) is 0.357. The fourth-order valence-corrected chi connectivity index (χ4v) is 2.33. The Hall–Kier alpha value is -1.22. The summed E-state index contributed by atoms with van der Waals surface area (Å²) in [5.41, 5.74) is 0. The number of carbonyl (C=O) groups is 1. The molecule has 2 nitrogen and oxygen atoms in total. The Morgan fingerprint density at radius 3 is 2.65 bits per heavy atom. The summed E-state index contributed by atoms with van der Waals surface area (Å²) < 4.78 is 4.67. The SMILES string of the molecule is CCCC/C(=C/C(=O)OC)Sc1ccccc1. The lowest BCUT2D eigenvalue weighted by Crippen LogP contribution is -1.96. The number of carbonyl (C=O) groups excluding carboxylic acids is 1. The van der Waals surface area contributed by atoms with E-state index in [1.807, 2.05) is 30.3 Å². The van der Waals surface area contributed by atoms with Crippen molar-refractivity contribution in [1.29, 1.82) is 0 Å². The Balaban J connectivity index is 2.70. The average Bonchev–Trinajstić information content (AvgIpc) is 2.37. The molecular weight excluding hydrogens is 232 g/mol. The monoisotopic (exact) mass is 250 g/mol. The maximum Gasteiger partial charge on any atom is 0.331 e. The van der Waals surface area contributed by atoms with E-state index >= 15 is 0 Å². The van der Waals surface area contributed by atoms with Crippen LogP contribution in [0, 0.1) is 0 Å². The first-order chi connectivity index (χ1) is 8.26. The van der Waals surface area contributed by atoms with E-state index in [9.17, 15) is 4.79 Å². The molecule has 0 aliphatic rings. The summed E-state index contributed by atoms with van der Waals surface area (Å²) in [6, 6.07) is 10.1. The Labute approximate surface area is 107 Å². The maximum atomic E-state index is 11.3. The molecule has 0 spiro atoms. The number of benzene rings is 1. The van der Waals surface area contributed by atoms with Crippen molar-refractivity contribution in [2.24, 2.45) is 0 Å². The van der Waals surface area contributed by atoms with Crippen LogP contribution in [0.3, 0.4) is 0 Å². The summed E-state index contributed by atoms with van der Waals surface area (Å²) in [7, 11) is 1.41. The van der Waals surface area contributed by atoms with Gasteiger partial charge in [-0.05, 0) is 29.9 Å². The van der Waals surface area contributed by atoms with Crippen molar-refractivity contribution in [3.8, 4) is 0 Å². The Morgan fingerprint density at radius 2 is 2.06 bits per heavy atom. The summed E-state index contributed by atoms with van der Waals surface area (Å²) >= 11 is 1.63. The zero-order valence-electron chi connectivity index (χ0n) is 10.3. The zero-order valence-corrected chi connectivity index (χ0v) is 11.1. The van der Waals surface area contributed by atoms with Crippen LogP contribution in [0.15, 0.2) is 46.2 Å². The van der Waals surface area contributed by atoms with Crippen LogP contribution in [-0.2, 0) is 9.53 Å². The van der Waals surface area contributed by atoms with Crippen molar-refractivity contribution in [3.05, 3.63) is 41.3 Å². The van der Waals surface area contributed by atoms with Crippen LogP contribution in [-0.4, -0.2) is 13.1 Å². The van der Waals surface area contributed by atoms with E-state index in [4.69, 9.17) is 0 Å². The largest absolute Gasteiger partial charge is 0.466 e. The third kappa shape index (κ3) is 5.59. The highest BCUT2D eigenvalue weighted by Gasteiger charge is 2.04. The van der Waals surface area contributed by atoms with E-state index in [2.05, 4.69) is 11.7 Å². The predicted octanol–water partition coefficient (Wildman–Crippen LogP) is 4.03. The molecule has 0 amide bonds. The van der Waals surface area contributed by atoms with E-state index < -0.39 is 0 Å². The number of hydrogen-bond acceptors (Lipinski definition) is 3. The minimum atomic E-state index is -0.278. The second-order valence-electron chi connectivity index (χ2n) is 3.65. The summed E-state index contributed by atoms with van der Waals surface area (Å²) in [5, 5.41) is 0. The molecular formula is C14H18O2S. The second-order valence-corrected chi connectivity index (χ2v) is 4.85. The minimum absolute atomic E-state index is 0.278. The maximum absolute atomic E-state index is 11.3. The molecule has 1 aromatic rings.